The normalized spacial score (nSPS) is 11.0. The van der Waals surface area contributed by atoms with Gasteiger partial charge in [0.15, 0.2) is 0 Å². The molecule has 0 spiro atoms. The summed E-state index contributed by atoms with van der Waals surface area (Å²) >= 11 is 18.1. The summed E-state index contributed by atoms with van der Waals surface area (Å²) < 4.78 is 1.84. The molecule has 158 valence electrons. The number of rotatable bonds is 5. The van der Waals surface area contributed by atoms with Crippen LogP contribution in [0.2, 0.25) is 15.1 Å². The molecule has 1 amide bonds. The van der Waals surface area contributed by atoms with E-state index in [1.807, 2.05) is 42.8 Å². The Morgan fingerprint density at radius 1 is 1.06 bits per heavy atom. The summed E-state index contributed by atoms with van der Waals surface area (Å²) in [7, 11) is 0. The summed E-state index contributed by atoms with van der Waals surface area (Å²) in [6, 6.07) is 14.5. The number of benzene rings is 2. The second-order valence-electron chi connectivity index (χ2n) is 7.08. The highest BCUT2D eigenvalue weighted by molar-refractivity contribution is 6.42. The molecule has 0 atom stereocenters. The van der Waals surface area contributed by atoms with Crippen molar-refractivity contribution < 1.29 is 4.79 Å². The lowest BCUT2D eigenvalue weighted by molar-refractivity contribution is 0.102. The molecule has 4 aromatic rings. The lowest BCUT2D eigenvalue weighted by Gasteiger charge is -2.07. The molecule has 4 rings (SSSR count). The highest BCUT2D eigenvalue weighted by Crippen LogP contribution is 2.28. The largest absolute Gasteiger partial charge is 0.318 e. The molecule has 0 aliphatic heterocycles. The van der Waals surface area contributed by atoms with Crippen LogP contribution in [0, 0.1) is 13.8 Å². The number of carbonyl (C=O) groups excluding carboxylic acids is 1. The van der Waals surface area contributed by atoms with E-state index in [0.717, 1.165) is 22.5 Å². The molecule has 2 N–H and O–H groups in total. The first-order chi connectivity index (χ1) is 14.8. The van der Waals surface area contributed by atoms with Crippen LogP contribution in [0.3, 0.4) is 0 Å². The van der Waals surface area contributed by atoms with Gasteiger partial charge < -0.3 is 5.32 Å². The molecule has 0 saturated heterocycles. The molecule has 0 aliphatic carbocycles. The second-order valence-corrected chi connectivity index (χ2v) is 8.33. The number of anilines is 1. The van der Waals surface area contributed by atoms with E-state index in [-0.39, 0.29) is 5.91 Å². The molecule has 0 aliphatic rings. The zero-order chi connectivity index (χ0) is 22.1. The Labute approximate surface area is 194 Å². The van der Waals surface area contributed by atoms with Gasteiger partial charge in [-0.1, -0.05) is 53.0 Å². The minimum atomic E-state index is -0.313. The molecule has 2 heterocycles. The summed E-state index contributed by atoms with van der Waals surface area (Å²) in [6.07, 6.45) is 0. The fourth-order valence-corrected chi connectivity index (χ4v) is 3.77. The number of hydrogen-bond donors (Lipinski definition) is 2. The first-order valence-electron chi connectivity index (χ1n) is 9.42. The van der Waals surface area contributed by atoms with E-state index >= 15 is 0 Å². The molecule has 0 radical (unpaired) electrons. The topological polar surface area (TPSA) is 75.6 Å². The van der Waals surface area contributed by atoms with Gasteiger partial charge in [0, 0.05) is 10.6 Å². The number of carbonyl (C=O) groups is 1. The molecule has 9 heteroatoms. The molecule has 0 bridgehead atoms. The number of aromatic amines is 1. The maximum Gasteiger partial charge on any atom is 0.273 e. The van der Waals surface area contributed by atoms with Crippen LogP contribution in [-0.2, 0) is 6.54 Å². The van der Waals surface area contributed by atoms with E-state index in [1.54, 1.807) is 24.3 Å². The number of aryl methyl sites for hydroxylation is 1. The standard InChI is InChI=1S/C22H18Cl3N5O/c1-12-21(13(2)30(29-12)11-14-4-3-5-16(23)8-14)26-22(31)20-10-19(27-28-20)15-6-7-17(24)18(25)9-15/h3-10H,11H2,1-2H3,(H,26,31)(H,27,28). The number of amides is 1. The minimum Gasteiger partial charge on any atom is -0.318 e. The zero-order valence-electron chi connectivity index (χ0n) is 16.7. The monoisotopic (exact) mass is 473 g/mol. The predicted molar refractivity (Wildman–Crippen MR) is 124 cm³/mol. The van der Waals surface area contributed by atoms with Crippen LogP contribution >= 0.6 is 34.8 Å². The fourth-order valence-electron chi connectivity index (χ4n) is 3.26. The maximum absolute atomic E-state index is 12.8. The SMILES string of the molecule is Cc1nn(Cc2cccc(Cl)c2)c(C)c1NC(=O)c1cc(-c2ccc(Cl)c(Cl)c2)n[nH]1. The summed E-state index contributed by atoms with van der Waals surface area (Å²) in [5, 5.41) is 16.0. The number of aromatic nitrogens is 4. The first kappa shape index (κ1) is 21.4. The molecule has 31 heavy (non-hydrogen) atoms. The van der Waals surface area contributed by atoms with Crippen LogP contribution < -0.4 is 5.32 Å². The van der Waals surface area contributed by atoms with Crippen molar-refractivity contribution in [2.75, 3.05) is 5.32 Å². The van der Waals surface area contributed by atoms with Gasteiger partial charge in [0.05, 0.1) is 39.4 Å². The number of halogens is 3. The summed E-state index contributed by atoms with van der Waals surface area (Å²) in [5.41, 5.74) is 4.92. The Kier molecular flexibility index (Phi) is 6.05. The third kappa shape index (κ3) is 4.61. The summed E-state index contributed by atoms with van der Waals surface area (Å²) in [6.45, 7) is 4.31. The first-order valence-corrected chi connectivity index (χ1v) is 10.6. The van der Waals surface area contributed by atoms with Crippen LogP contribution in [0.1, 0.15) is 27.4 Å². The Balaban J connectivity index is 1.53. The molecule has 2 aromatic carbocycles. The van der Waals surface area contributed by atoms with Crippen LogP contribution in [0.15, 0.2) is 48.5 Å². The fraction of sp³-hybridized carbons (Fsp3) is 0.136. The number of nitrogens with one attached hydrogen (secondary N) is 2. The van der Waals surface area contributed by atoms with Gasteiger partial charge in [-0.25, -0.2) is 0 Å². The quantitative estimate of drug-likeness (QED) is 0.364. The van der Waals surface area contributed by atoms with Crippen molar-refractivity contribution in [2.45, 2.75) is 20.4 Å². The molecule has 0 unspecified atom stereocenters. The van der Waals surface area contributed by atoms with Gasteiger partial charge in [-0.05, 0) is 49.7 Å². The molecule has 0 saturated carbocycles. The zero-order valence-corrected chi connectivity index (χ0v) is 19.0. The predicted octanol–water partition coefficient (Wildman–Crippen LogP) is 6.15. The van der Waals surface area contributed by atoms with E-state index in [2.05, 4.69) is 20.6 Å². The average molecular weight is 475 g/mol. The molecular weight excluding hydrogens is 457 g/mol. The van der Waals surface area contributed by atoms with Crippen molar-refractivity contribution in [1.29, 1.82) is 0 Å². The Bertz CT molecular complexity index is 1280. The summed E-state index contributed by atoms with van der Waals surface area (Å²) in [5.74, 6) is -0.313. The number of nitrogens with zero attached hydrogens (tertiary/aromatic N) is 3. The molecule has 0 fully saturated rings. The molecular formula is C22H18Cl3N5O. The van der Waals surface area contributed by atoms with Gasteiger partial charge in [0.1, 0.15) is 5.69 Å². The van der Waals surface area contributed by atoms with Crippen LogP contribution in [-0.4, -0.2) is 25.9 Å². The van der Waals surface area contributed by atoms with Crippen LogP contribution in [0.25, 0.3) is 11.3 Å². The van der Waals surface area contributed by atoms with Crippen LogP contribution in [0.4, 0.5) is 5.69 Å². The van der Waals surface area contributed by atoms with Gasteiger partial charge in [-0.3, -0.25) is 14.6 Å². The summed E-state index contributed by atoms with van der Waals surface area (Å²) in [4.78, 5) is 12.8. The molecule has 6 nitrogen and oxygen atoms in total. The van der Waals surface area contributed by atoms with Crippen molar-refractivity contribution in [3.8, 4) is 11.3 Å². The number of hydrogen-bond acceptors (Lipinski definition) is 3. The van der Waals surface area contributed by atoms with Gasteiger partial charge in [0.25, 0.3) is 5.91 Å². The number of H-pyrrole nitrogens is 1. The smallest absolute Gasteiger partial charge is 0.273 e. The van der Waals surface area contributed by atoms with E-state index in [0.29, 0.717) is 38.7 Å². The van der Waals surface area contributed by atoms with Crippen molar-refractivity contribution in [2.24, 2.45) is 0 Å². The van der Waals surface area contributed by atoms with Gasteiger partial charge >= 0.3 is 0 Å². The molecule has 2 aromatic heterocycles. The maximum atomic E-state index is 12.8. The van der Waals surface area contributed by atoms with Crippen molar-refractivity contribution >= 4 is 46.4 Å². The minimum absolute atomic E-state index is 0.313. The second kappa shape index (κ2) is 8.75. The van der Waals surface area contributed by atoms with Gasteiger partial charge in [0.2, 0.25) is 0 Å². The third-order valence-corrected chi connectivity index (χ3v) is 5.85. The van der Waals surface area contributed by atoms with Crippen molar-refractivity contribution in [3.63, 3.8) is 0 Å². The highest BCUT2D eigenvalue weighted by atomic mass is 35.5. The van der Waals surface area contributed by atoms with E-state index in [9.17, 15) is 4.79 Å². The van der Waals surface area contributed by atoms with Crippen LogP contribution in [0.5, 0.6) is 0 Å². The Hall–Kier alpha value is -2.80. The Morgan fingerprint density at radius 2 is 1.87 bits per heavy atom. The van der Waals surface area contributed by atoms with E-state index in [1.165, 1.54) is 0 Å². The lowest BCUT2D eigenvalue weighted by atomic mass is 10.1. The third-order valence-electron chi connectivity index (χ3n) is 4.88. The van der Waals surface area contributed by atoms with Crippen molar-refractivity contribution in [1.82, 2.24) is 20.0 Å². The Morgan fingerprint density at radius 3 is 2.61 bits per heavy atom. The van der Waals surface area contributed by atoms with E-state index < -0.39 is 0 Å². The highest BCUT2D eigenvalue weighted by Gasteiger charge is 2.18. The van der Waals surface area contributed by atoms with E-state index in [4.69, 9.17) is 34.8 Å². The lowest BCUT2D eigenvalue weighted by Crippen LogP contribution is -2.14. The van der Waals surface area contributed by atoms with Crippen molar-refractivity contribution in [3.05, 3.63) is 86.2 Å². The average Bonchev–Trinajstić information content (AvgIpc) is 3.32. The van der Waals surface area contributed by atoms with Gasteiger partial charge in [-0.15, -0.1) is 0 Å². The van der Waals surface area contributed by atoms with Gasteiger partial charge in [-0.2, -0.15) is 10.2 Å².